The zero-order valence-electron chi connectivity index (χ0n) is 26.6. The number of carbonyl (C=O) groups is 2. The van der Waals surface area contributed by atoms with Crippen LogP contribution in [0.4, 0.5) is 5.69 Å². The van der Waals surface area contributed by atoms with Crippen molar-refractivity contribution in [1.82, 2.24) is 10.2 Å². The lowest BCUT2D eigenvalue weighted by atomic mass is 10.0. The Morgan fingerprint density at radius 1 is 0.778 bits per heavy atom. The van der Waals surface area contributed by atoms with Gasteiger partial charge in [-0.25, -0.2) is 8.42 Å². The second kappa shape index (κ2) is 15.5. The Bertz CT molecular complexity index is 1690. The second-order valence-corrected chi connectivity index (χ2v) is 13.2. The molecule has 0 spiro atoms. The minimum atomic E-state index is -4.15. The van der Waals surface area contributed by atoms with Gasteiger partial charge in [0, 0.05) is 19.5 Å². The summed E-state index contributed by atoms with van der Waals surface area (Å²) in [5.41, 5.74) is 4.95. The number of nitrogens with zero attached hydrogens (tertiary/aromatic N) is 2. The second-order valence-electron chi connectivity index (χ2n) is 11.3. The van der Waals surface area contributed by atoms with Gasteiger partial charge in [0.2, 0.25) is 11.8 Å². The van der Waals surface area contributed by atoms with Crippen LogP contribution in [0.2, 0.25) is 0 Å². The van der Waals surface area contributed by atoms with E-state index in [4.69, 9.17) is 0 Å². The Hall–Kier alpha value is -4.43. The van der Waals surface area contributed by atoms with Crippen molar-refractivity contribution >= 4 is 27.5 Å². The van der Waals surface area contributed by atoms with Gasteiger partial charge in [0.15, 0.2) is 0 Å². The summed E-state index contributed by atoms with van der Waals surface area (Å²) in [4.78, 5) is 30.0. The lowest BCUT2D eigenvalue weighted by Crippen LogP contribution is -2.53. The van der Waals surface area contributed by atoms with E-state index in [0.29, 0.717) is 18.7 Å². The van der Waals surface area contributed by atoms with Crippen molar-refractivity contribution in [3.05, 3.63) is 131 Å². The van der Waals surface area contributed by atoms with E-state index < -0.39 is 28.5 Å². The highest BCUT2D eigenvalue weighted by atomic mass is 32.2. The number of para-hydroxylation sites is 1. The number of hydrogen-bond donors (Lipinski definition) is 1. The van der Waals surface area contributed by atoms with Crippen LogP contribution in [0.3, 0.4) is 0 Å². The van der Waals surface area contributed by atoms with Crippen molar-refractivity contribution in [3.63, 3.8) is 0 Å². The monoisotopic (exact) mass is 625 g/mol. The maximum absolute atomic E-state index is 14.6. The van der Waals surface area contributed by atoms with Gasteiger partial charge >= 0.3 is 0 Å². The summed E-state index contributed by atoms with van der Waals surface area (Å²) in [5, 5.41) is 2.99. The SMILES string of the molecule is CCCNC(=O)[C@@H](Cc1ccccc1)N(Cc1cccc(C)c1)C(=O)CN(c1ccccc1CC)S(=O)(=O)c1ccc(C)cc1. The average molecular weight is 626 g/mol. The summed E-state index contributed by atoms with van der Waals surface area (Å²) in [6, 6.07) is 30.4. The third kappa shape index (κ3) is 8.60. The van der Waals surface area contributed by atoms with Crippen LogP contribution in [-0.2, 0) is 39.0 Å². The molecule has 1 atom stereocenters. The number of aryl methyl sites for hydroxylation is 3. The molecule has 0 radical (unpaired) electrons. The van der Waals surface area contributed by atoms with Crippen molar-refractivity contribution < 1.29 is 18.0 Å². The van der Waals surface area contributed by atoms with E-state index in [1.165, 1.54) is 4.31 Å². The fraction of sp³-hybridized carbons (Fsp3) is 0.297. The number of rotatable bonds is 14. The fourth-order valence-electron chi connectivity index (χ4n) is 5.33. The Kier molecular flexibility index (Phi) is 11.5. The molecule has 0 bridgehead atoms. The van der Waals surface area contributed by atoms with Crippen molar-refractivity contribution in [3.8, 4) is 0 Å². The summed E-state index contributed by atoms with van der Waals surface area (Å²) in [7, 11) is -4.15. The van der Waals surface area contributed by atoms with Gasteiger partial charge in [0.1, 0.15) is 12.6 Å². The van der Waals surface area contributed by atoms with E-state index in [-0.39, 0.29) is 23.8 Å². The summed E-state index contributed by atoms with van der Waals surface area (Å²) < 4.78 is 29.8. The molecule has 0 unspecified atom stereocenters. The molecule has 1 N–H and O–H groups in total. The summed E-state index contributed by atoms with van der Waals surface area (Å²) >= 11 is 0. The Labute approximate surface area is 268 Å². The highest BCUT2D eigenvalue weighted by Gasteiger charge is 2.35. The molecule has 236 valence electrons. The molecule has 4 aromatic carbocycles. The molecule has 45 heavy (non-hydrogen) atoms. The van der Waals surface area contributed by atoms with E-state index >= 15 is 0 Å². The number of anilines is 1. The average Bonchev–Trinajstić information content (AvgIpc) is 3.04. The number of nitrogens with one attached hydrogen (secondary N) is 1. The number of amides is 2. The molecule has 4 rings (SSSR count). The molecule has 0 aliphatic carbocycles. The zero-order valence-corrected chi connectivity index (χ0v) is 27.4. The summed E-state index contributed by atoms with van der Waals surface area (Å²) in [5.74, 6) is -0.741. The van der Waals surface area contributed by atoms with E-state index in [9.17, 15) is 18.0 Å². The minimum absolute atomic E-state index is 0.0959. The molecule has 0 saturated carbocycles. The van der Waals surface area contributed by atoms with Crippen molar-refractivity contribution in [2.75, 3.05) is 17.4 Å². The van der Waals surface area contributed by atoms with Gasteiger partial charge in [0.05, 0.1) is 10.6 Å². The number of sulfonamides is 1. The van der Waals surface area contributed by atoms with Crippen molar-refractivity contribution in [1.29, 1.82) is 0 Å². The quantitative estimate of drug-likeness (QED) is 0.180. The lowest BCUT2D eigenvalue weighted by Gasteiger charge is -2.34. The maximum Gasteiger partial charge on any atom is 0.264 e. The van der Waals surface area contributed by atoms with E-state index in [2.05, 4.69) is 5.32 Å². The number of carbonyl (C=O) groups excluding carboxylic acids is 2. The van der Waals surface area contributed by atoms with Crippen LogP contribution in [0.25, 0.3) is 0 Å². The molecule has 0 fully saturated rings. The van der Waals surface area contributed by atoms with Crippen LogP contribution in [0, 0.1) is 13.8 Å². The maximum atomic E-state index is 14.6. The first-order valence-corrected chi connectivity index (χ1v) is 16.9. The Balaban J connectivity index is 1.82. The normalized spacial score (nSPS) is 11.9. The zero-order chi connectivity index (χ0) is 32.4. The standard InChI is InChI=1S/C37H43N3O4S/c1-5-23-38-37(42)35(25-30-14-8-7-9-15-30)39(26-31-16-12-13-29(4)24-31)36(41)27-40(34-18-11-10-17-32(34)6-2)45(43,44)33-21-19-28(3)20-22-33/h7-22,24,35H,5-6,23,25-27H2,1-4H3,(H,38,42)/t35-/m1/s1. The molecule has 0 aromatic heterocycles. The molecule has 0 aliphatic heterocycles. The number of hydrogen-bond acceptors (Lipinski definition) is 4. The highest BCUT2D eigenvalue weighted by Crippen LogP contribution is 2.29. The van der Waals surface area contributed by atoms with Gasteiger partial charge in [0.25, 0.3) is 10.0 Å². The first kappa shape index (κ1) is 33.5. The summed E-state index contributed by atoms with van der Waals surface area (Å²) in [6.07, 6.45) is 1.60. The third-order valence-corrected chi connectivity index (χ3v) is 9.56. The van der Waals surface area contributed by atoms with Crippen LogP contribution in [0.5, 0.6) is 0 Å². The fourth-order valence-corrected chi connectivity index (χ4v) is 6.78. The Morgan fingerprint density at radius 3 is 2.11 bits per heavy atom. The molecule has 0 heterocycles. The summed E-state index contributed by atoms with van der Waals surface area (Å²) in [6.45, 7) is 7.94. The first-order chi connectivity index (χ1) is 21.6. The predicted octanol–water partition coefficient (Wildman–Crippen LogP) is 6.23. The smallest absolute Gasteiger partial charge is 0.264 e. The van der Waals surface area contributed by atoms with E-state index in [1.54, 1.807) is 41.3 Å². The topological polar surface area (TPSA) is 86.8 Å². The van der Waals surface area contributed by atoms with E-state index in [1.807, 2.05) is 94.4 Å². The largest absolute Gasteiger partial charge is 0.354 e. The predicted molar refractivity (Wildman–Crippen MR) is 180 cm³/mol. The molecular formula is C37H43N3O4S. The molecule has 2 amide bonds. The number of benzene rings is 4. The molecule has 0 saturated heterocycles. The van der Waals surface area contributed by atoms with Gasteiger partial charge in [-0.15, -0.1) is 0 Å². The van der Waals surface area contributed by atoms with Crippen LogP contribution in [0.1, 0.15) is 48.1 Å². The molecular weight excluding hydrogens is 582 g/mol. The molecule has 4 aromatic rings. The van der Waals surface area contributed by atoms with E-state index in [0.717, 1.165) is 34.2 Å². The molecule has 7 nitrogen and oxygen atoms in total. The minimum Gasteiger partial charge on any atom is -0.354 e. The van der Waals surface area contributed by atoms with Crippen molar-refractivity contribution in [2.24, 2.45) is 0 Å². The van der Waals surface area contributed by atoms with Gasteiger partial charge in [-0.05, 0) is 61.6 Å². The van der Waals surface area contributed by atoms with Crippen molar-refractivity contribution in [2.45, 2.75) is 64.4 Å². The first-order valence-electron chi connectivity index (χ1n) is 15.5. The lowest BCUT2D eigenvalue weighted by molar-refractivity contribution is -0.140. The highest BCUT2D eigenvalue weighted by molar-refractivity contribution is 7.92. The van der Waals surface area contributed by atoms with Gasteiger partial charge in [-0.1, -0.05) is 110 Å². The van der Waals surface area contributed by atoms with Crippen LogP contribution in [0.15, 0.2) is 108 Å². The van der Waals surface area contributed by atoms with Gasteiger partial charge < -0.3 is 10.2 Å². The van der Waals surface area contributed by atoms with Crippen LogP contribution >= 0.6 is 0 Å². The van der Waals surface area contributed by atoms with Gasteiger partial charge in [-0.3, -0.25) is 13.9 Å². The van der Waals surface area contributed by atoms with Gasteiger partial charge in [-0.2, -0.15) is 0 Å². The third-order valence-electron chi connectivity index (χ3n) is 7.78. The van der Waals surface area contributed by atoms with Crippen LogP contribution in [-0.4, -0.2) is 44.3 Å². The Morgan fingerprint density at radius 2 is 1.44 bits per heavy atom. The molecule has 8 heteroatoms. The van der Waals surface area contributed by atoms with Crippen LogP contribution < -0.4 is 9.62 Å². The molecule has 0 aliphatic rings.